The second-order valence-electron chi connectivity index (χ2n) is 5.60. The summed E-state index contributed by atoms with van der Waals surface area (Å²) in [7, 11) is 0. The van der Waals surface area contributed by atoms with Gasteiger partial charge in [-0.3, -0.25) is 4.79 Å². The quantitative estimate of drug-likeness (QED) is 0.811. The molecule has 0 aliphatic heterocycles. The fraction of sp³-hybridized carbons (Fsp3) is 0.471. The van der Waals surface area contributed by atoms with Crippen molar-refractivity contribution in [3.63, 3.8) is 0 Å². The topological polar surface area (TPSA) is 49.3 Å². The van der Waals surface area contributed by atoms with Crippen LogP contribution >= 0.6 is 0 Å². The Bertz CT molecular complexity index is 497. The second-order valence-corrected chi connectivity index (χ2v) is 5.60. The van der Waals surface area contributed by atoms with Gasteiger partial charge in [-0.1, -0.05) is 44.6 Å². The first-order valence-electron chi connectivity index (χ1n) is 7.26. The molecule has 0 fully saturated rings. The van der Waals surface area contributed by atoms with Crippen LogP contribution in [0.2, 0.25) is 0 Å². The van der Waals surface area contributed by atoms with Gasteiger partial charge in [0.25, 0.3) is 0 Å². The molecule has 4 heteroatoms. The third-order valence-corrected chi connectivity index (χ3v) is 3.78. The van der Waals surface area contributed by atoms with Crippen molar-refractivity contribution in [2.24, 2.45) is 5.92 Å². The molecular weight excluding hydrogens is 269 g/mol. The van der Waals surface area contributed by atoms with Crippen LogP contribution in [0.1, 0.15) is 39.2 Å². The van der Waals surface area contributed by atoms with Gasteiger partial charge in [0.1, 0.15) is 5.82 Å². The molecule has 0 spiro atoms. The average molecular weight is 293 g/mol. The van der Waals surface area contributed by atoms with Crippen LogP contribution in [0.5, 0.6) is 0 Å². The smallest absolute Gasteiger partial charge is 0.223 e. The number of hydrogen-bond donors (Lipinski definition) is 2. The molecule has 0 saturated heterocycles. The summed E-state index contributed by atoms with van der Waals surface area (Å²) in [5.74, 6) is -0.349. The predicted molar refractivity (Wildman–Crippen MR) is 83.1 cm³/mol. The van der Waals surface area contributed by atoms with Gasteiger partial charge in [-0.15, -0.1) is 0 Å². The number of benzene rings is 1. The molecule has 1 rings (SSSR count). The van der Waals surface area contributed by atoms with Crippen molar-refractivity contribution in [3.05, 3.63) is 41.7 Å². The van der Waals surface area contributed by atoms with E-state index in [0.717, 1.165) is 12.0 Å². The lowest BCUT2D eigenvalue weighted by molar-refractivity contribution is -0.121. The zero-order valence-electron chi connectivity index (χ0n) is 12.9. The Labute approximate surface area is 125 Å². The Kier molecular flexibility index (Phi) is 6.56. The molecule has 1 aromatic carbocycles. The van der Waals surface area contributed by atoms with Crippen molar-refractivity contribution in [2.45, 2.75) is 39.2 Å². The summed E-state index contributed by atoms with van der Waals surface area (Å²) < 4.78 is 13.0. The molecule has 1 aromatic rings. The van der Waals surface area contributed by atoms with E-state index in [0.29, 0.717) is 0 Å². The van der Waals surface area contributed by atoms with Crippen LogP contribution in [0.4, 0.5) is 4.39 Å². The summed E-state index contributed by atoms with van der Waals surface area (Å²) in [6, 6.07) is 6.17. The van der Waals surface area contributed by atoms with Gasteiger partial charge in [-0.2, -0.15) is 0 Å². The zero-order chi connectivity index (χ0) is 15.9. The number of carbonyl (C=O) groups excluding carboxylic acids is 1. The monoisotopic (exact) mass is 293 g/mol. The fourth-order valence-electron chi connectivity index (χ4n) is 1.88. The number of amides is 1. The molecule has 1 amide bonds. The maximum Gasteiger partial charge on any atom is 0.223 e. The highest BCUT2D eigenvalue weighted by Crippen LogP contribution is 2.18. The second kappa shape index (κ2) is 7.93. The fourth-order valence-corrected chi connectivity index (χ4v) is 1.88. The maximum atomic E-state index is 13.0. The van der Waals surface area contributed by atoms with E-state index in [4.69, 9.17) is 0 Å². The van der Waals surface area contributed by atoms with Crippen molar-refractivity contribution in [2.75, 3.05) is 6.54 Å². The summed E-state index contributed by atoms with van der Waals surface area (Å²) in [6.07, 6.45) is 4.44. The Hall–Kier alpha value is -1.68. The number of hydrogen-bond acceptors (Lipinski definition) is 2. The molecule has 0 aromatic heterocycles. The highest BCUT2D eigenvalue weighted by molar-refractivity contribution is 5.78. The van der Waals surface area contributed by atoms with Crippen molar-refractivity contribution in [1.82, 2.24) is 5.32 Å². The van der Waals surface area contributed by atoms with Crippen LogP contribution in [-0.2, 0) is 4.79 Å². The van der Waals surface area contributed by atoms with Crippen molar-refractivity contribution < 1.29 is 14.3 Å². The Morgan fingerprint density at radius 3 is 2.86 bits per heavy atom. The molecule has 0 aliphatic rings. The minimum atomic E-state index is -0.906. The van der Waals surface area contributed by atoms with Gasteiger partial charge in [0.15, 0.2) is 0 Å². The number of nitrogens with one attached hydrogen (secondary N) is 1. The molecule has 0 bridgehead atoms. The number of halogens is 1. The van der Waals surface area contributed by atoms with E-state index in [9.17, 15) is 14.3 Å². The largest absolute Gasteiger partial charge is 0.388 e. The SMILES string of the molecule is CCC(C)C(C)(O)CNC(=O)CC=Cc1cccc(F)c1. The number of aliphatic hydroxyl groups is 1. The lowest BCUT2D eigenvalue weighted by Gasteiger charge is -2.29. The van der Waals surface area contributed by atoms with E-state index in [2.05, 4.69) is 5.32 Å². The first-order valence-corrected chi connectivity index (χ1v) is 7.26. The third kappa shape index (κ3) is 6.08. The van der Waals surface area contributed by atoms with E-state index in [1.165, 1.54) is 12.1 Å². The standard InChI is InChI=1S/C17H24FNO2/c1-4-13(2)17(3,21)12-19-16(20)10-6-8-14-7-5-9-15(18)11-14/h5-9,11,13,21H,4,10,12H2,1-3H3,(H,19,20). The molecule has 116 valence electrons. The molecule has 2 atom stereocenters. The van der Waals surface area contributed by atoms with E-state index in [1.807, 2.05) is 13.8 Å². The van der Waals surface area contributed by atoms with Crippen molar-refractivity contribution >= 4 is 12.0 Å². The van der Waals surface area contributed by atoms with Crippen LogP contribution in [0.25, 0.3) is 6.08 Å². The van der Waals surface area contributed by atoms with E-state index in [-0.39, 0.29) is 30.6 Å². The normalized spacial score (nSPS) is 15.7. The first kappa shape index (κ1) is 17.4. The minimum absolute atomic E-state index is 0.112. The summed E-state index contributed by atoms with van der Waals surface area (Å²) >= 11 is 0. The van der Waals surface area contributed by atoms with Gasteiger partial charge >= 0.3 is 0 Å². The van der Waals surface area contributed by atoms with Gasteiger partial charge in [0, 0.05) is 13.0 Å². The van der Waals surface area contributed by atoms with Crippen LogP contribution in [-0.4, -0.2) is 23.2 Å². The summed E-state index contributed by atoms with van der Waals surface area (Å²) in [5.41, 5.74) is -0.189. The molecule has 3 nitrogen and oxygen atoms in total. The van der Waals surface area contributed by atoms with Gasteiger partial charge in [-0.05, 0) is 30.5 Å². The van der Waals surface area contributed by atoms with Crippen molar-refractivity contribution in [1.29, 1.82) is 0 Å². The van der Waals surface area contributed by atoms with E-state index in [1.54, 1.807) is 31.2 Å². The first-order chi connectivity index (χ1) is 9.85. The van der Waals surface area contributed by atoms with Gasteiger partial charge in [0.2, 0.25) is 5.91 Å². The Morgan fingerprint density at radius 2 is 2.24 bits per heavy atom. The molecule has 0 heterocycles. The molecule has 0 aliphatic carbocycles. The summed E-state index contributed by atoms with van der Waals surface area (Å²) in [6.45, 7) is 5.91. The lowest BCUT2D eigenvalue weighted by Crippen LogP contribution is -2.44. The molecular formula is C17H24FNO2. The maximum absolute atomic E-state index is 13.0. The molecule has 0 radical (unpaired) electrons. The Morgan fingerprint density at radius 1 is 1.52 bits per heavy atom. The van der Waals surface area contributed by atoms with Crippen LogP contribution in [0, 0.1) is 11.7 Å². The predicted octanol–water partition coefficient (Wildman–Crippen LogP) is 3.14. The summed E-state index contributed by atoms with van der Waals surface area (Å²) in [5, 5.41) is 12.9. The van der Waals surface area contributed by atoms with Crippen molar-refractivity contribution in [3.8, 4) is 0 Å². The van der Waals surface area contributed by atoms with Crippen LogP contribution < -0.4 is 5.32 Å². The van der Waals surface area contributed by atoms with Crippen LogP contribution in [0.3, 0.4) is 0 Å². The minimum Gasteiger partial charge on any atom is -0.388 e. The lowest BCUT2D eigenvalue weighted by atomic mass is 9.88. The summed E-state index contributed by atoms with van der Waals surface area (Å²) in [4.78, 5) is 11.7. The molecule has 21 heavy (non-hydrogen) atoms. The molecule has 0 saturated carbocycles. The van der Waals surface area contributed by atoms with Gasteiger partial charge < -0.3 is 10.4 Å². The third-order valence-electron chi connectivity index (χ3n) is 3.78. The van der Waals surface area contributed by atoms with Crippen LogP contribution in [0.15, 0.2) is 30.3 Å². The molecule has 2 N–H and O–H groups in total. The molecule has 2 unspecified atom stereocenters. The number of rotatable bonds is 7. The van der Waals surface area contributed by atoms with Gasteiger partial charge in [-0.25, -0.2) is 4.39 Å². The van der Waals surface area contributed by atoms with E-state index >= 15 is 0 Å². The highest BCUT2D eigenvalue weighted by Gasteiger charge is 2.27. The average Bonchev–Trinajstić information content (AvgIpc) is 2.44. The zero-order valence-corrected chi connectivity index (χ0v) is 12.9. The number of carbonyl (C=O) groups is 1. The van der Waals surface area contributed by atoms with Gasteiger partial charge in [0.05, 0.1) is 5.60 Å². The van der Waals surface area contributed by atoms with E-state index < -0.39 is 5.60 Å². The highest BCUT2D eigenvalue weighted by atomic mass is 19.1. The Balaban J connectivity index is 2.41.